The first kappa shape index (κ1) is 39.5. The van der Waals surface area contributed by atoms with Crippen LogP contribution >= 0.6 is 0 Å². The summed E-state index contributed by atoms with van der Waals surface area (Å²) in [6.45, 7) is 24.7. The van der Waals surface area contributed by atoms with Crippen LogP contribution in [0.15, 0.2) is 93.8 Å². The molecular formula is C48H58N12+4. The van der Waals surface area contributed by atoms with E-state index in [0.717, 1.165) is 143 Å². The monoisotopic (exact) mass is 802 g/mol. The van der Waals surface area contributed by atoms with Crippen molar-refractivity contribution in [1.82, 2.24) is 19.9 Å². The van der Waals surface area contributed by atoms with Crippen molar-refractivity contribution < 1.29 is 17.9 Å². The van der Waals surface area contributed by atoms with Crippen LogP contribution in [-0.2, 0) is 0 Å². The normalized spacial score (nSPS) is 19.7. The van der Waals surface area contributed by atoms with E-state index in [-0.39, 0.29) is 0 Å². The van der Waals surface area contributed by atoms with E-state index in [1.165, 1.54) is 0 Å². The molecule has 0 unspecified atom stereocenters. The average molecular weight is 803 g/mol. The summed E-state index contributed by atoms with van der Waals surface area (Å²) < 4.78 is 2.46. The van der Waals surface area contributed by atoms with Crippen molar-refractivity contribution in [2.24, 2.45) is 20.0 Å². The smallest absolute Gasteiger partial charge is 0.244 e. The SMILES string of the molecule is CC[N+]1(CC)C=CN=C1c1c2nc(c(C3=NC=C[N+]3(CC)CC)c3ccc([nH]3)c(C3=NC=C[N+]3(CC)CC)c3nc(c(C4=NC=C[N+]4(CC)CC)c4ccc1[nH]4)C=C3)C=C2. The number of fused-ring (bicyclic) bond motifs is 8. The molecule has 0 saturated carbocycles. The second-order valence-electron chi connectivity index (χ2n) is 16.2. The largest absolute Gasteiger partial charge is 0.354 e. The Morgan fingerprint density at radius 1 is 0.350 bits per heavy atom. The van der Waals surface area contributed by atoms with Crippen LogP contribution in [0.4, 0.5) is 0 Å². The van der Waals surface area contributed by atoms with Crippen molar-refractivity contribution in [1.29, 1.82) is 0 Å². The predicted molar refractivity (Wildman–Crippen MR) is 247 cm³/mol. The number of nitrogens with one attached hydrogen (secondary N) is 2. The van der Waals surface area contributed by atoms with Crippen molar-refractivity contribution in [3.63, 3.8) is 0 Å². The van der Waals surface area contributed by atoms with Crippen LogP contribution in [-0.4, -0.2) is 114 Å². The molecule has 0 aliphatic carbocycles. The summed E-state index contributed by atoms with van der Waals surface area (Å²) in [5.41, 5.74) is 11.1. The van der Waals surface area contributed by atoms with Crippen LogP contribution in [0.2, 0.25) is 0 Å². The molecule has 0 radical (unpaired) electrons. The molecule has 0 atom stereocenters. The van der Waals surface area contributed by atoms with Crippen molar-refractivity contribution in [2.45, 2.75) is 55.4 Å². The third kappa shape index (κ3) is 5.72. The fourth-order valence-electron chi connectivity index (χ4n) is 9.90. The molecule has 3 aromatic heterocycles. The maximum absolute atomic E-state index is 5.58. The maximum atomic E-state index is 5.58. The van der Waals surface area contributed by atoms with Crippen LogP contribution < -0.4 is 0 Å². The molecule has 6 aliphatic rings. The molecule has 3 aromatic rings. The minimum absolute atomic E-state index is 0.615. The molecule has 9 rings (SSSR count). The summed E-state index contributed by atoms with van der Waals surface area (Å²) in [4.78, 5) is 39.5. The molecule has 9 heterocycles. The van der Waals surface area contributed by atoms with Crippen LogP contribution in [0.1, 0.15) is 100 Å². The summed E-state index contributed by atoms with van der Waals surface area (Å²) in [5, 5.41) is 0. The highest BCUT2D eigenvalue weighted by atomic mass is 15.4. The van der Waals surface area contributed by atoms with Gasteiger partial charge >= 0.3 is 0 Å². The van der Waals surface area contributed by atoms with Gasteiger partial charge in [-0.3, -0.25) is 0 Å². The Labute approximate surface area is 353 Å². The average Bonchev–Trinajstić information content (AvgIpc) is 4.14. The van der Waals surface area contributed by atoms with Gasteiger partial charge < -0.3 is 9.97 Å². The number of hydrogen-bond donors (Lipinski definition) is 2. The summed E-state index contributed by atoms with van der Waals surface area (Å²) >= 11 is 0. The van der Waals surface area contributed by atoms with Gasteiger partial charge in [0.05, 0.1) is 122 Å². The highest BCUT2D eigenvalue weighted by molar-refractivity contribution is 6.11. The number of nitrogens with zero attached hydrogens (tertiary/aromatic N) is 10. The van der Waals surface area contributed by atoms with E-state index in [9.17, 15) is 0 Å². The van der Waals surface area contributed by atoms with Gasteiger partial charge in [-0.2, -0.15) is 20.0 Å². The molecule has 0 saturated heterocycles. The van der Waals surface area contributed by atoms with Gasteiger partial charge in [0.15, 0.2) is 0 Å². The van der Waals surface area contributed by atoms with E-state index >= 15 is 0 Å². The quantitative estimate of drug-likeness (QED) is 0.123. The number of aliphatic imine (C=N–C) groups is 4. The maximum Gasteiger partial charge on any atom is 0.244 e. The second kappa shape index (κ2) is 15.0. The first-order valence-electron chi connectivity index (χ1n) is 21.9. The lowest BCUT2D eigenvalue weighted by atomic mass is 10.1. The molecule has 0 spiro atoms. The molecule has 0 fully saturated rings. The molecule has 6 aliphatic heterocycles. The van der Waals surface area contributed by atoms with Crippen LogP contribution in [0, 0.1) is 0 Å². The number of quaternary nitrogens is 4. The summed E-state index contributed by atoms with van der Waals surface area (Å²) in [6, 6.07) is 8.74. The van der Waals surface area contributed by atoms with E-state index in [1.807, 2.05) is 24.8 Å². The Morgan fingerprint density at radius 3 is 0.767 bits per heavy atom. The lowest BCUT2D eigenvalue weighted by Gasteiger charge is -2.30. The third-order valence-electron chi connectivity index (χ3n) is 14.0. The van der Waals surface area contributed by atoms with Gasteiger partial charge in [-0.05, 0) is 104 Å². The van der Waals surface area contributed by atoms with Crippen molar-refractivity contribution in [3.05, 3.63) is 119 Å². The lowest BCUT2D eigenvalue weighted by molar-refractivity contribution is -0.781. The van der Waals surface area contributed by atoms with Crippen LogP contribution in [0.3, 0.4) is 0 Å². The Hall–Kier alpha value is -5.92. The standard InChI is InChI=1S/C48H58N12/c1-9-57(10-2)29-25-49-45(57)41-33-17-19-35(53-33)42(46-50-26-30-58(46,11-3)12-4)37-21-23-39(55-37)44(48-52-28-32-60(48,15-7)16-8)40-24-22-38(56-40)43(36-20-18-34(41)54-36)47-51-27-31-59(47,13-5)14-6/h17-32,53,56H,9-16H2,1-8H3/q+4. The highest BCUT2D eigenvalue weighted by Crippen LogP contribution is 2.36. The third-order valence-corrected chi connectivity index (χ3v) is 14.0. The number of rotatable bonds is 12. The Morgan fingerprint density at radius 2 is 0.567 bits per heavy atom. The molecule has 8 bridgehead atoms. The minimum Gasteiger partial charge on any atom is -0.354 e. The summed E-state index contributed by atoms with van der Waals surface area (Å²) in [6.07, 6.45) is 25.3. The first-order valence-corrected chi connectivity index (χ1v) is 21.9. The van der Waals surface area contributed by atoms with E-state index in [0.29, 0.717) is 17.9 Å². The molecule has 12 nitrogen and oxygen atoms in total. The molecule has 2 N–H and O–H groups in total. The van der Waals surface area contributed by atoms with Gasteiger partial charge in [-0.1, -0.05) is 0 Å². The van der Waals surface area contributed by atoms with Crippen LogP contribution in [0.25, 0.3) is 46.4 Å². The summed E-state index contributed by atoms with van der Waals surface area (Å²) in [7, 11) is 0. The zero-order valence-corrected chi connectivity index (χ0v) is 36.4. The van der Waals surface area contributed by atoms with E-state index in [1.54, 1.807) is 0 Å². The van der Waals surface area contributed by atoms with Gasteiger partial charge in [-0.15, -0.1) is 0 Å². The van der Waals surface area contributed by atoms with Crippen molar-refractivity contribution in [3.8, 4) is 0 Å². The number of aromatic amines is 2. The molecule has 0 amide bonds. The Bertz CT molecular complexity index is 2390. The molecular weight excluding hydrogens is 745 g/mol. The van der Waals surface area contributed by atoms with Crippen molar-refractivity contribution in [2.75, 3.05) is 52.4 Å². The fourth-order valence-corrected chi connectivity index (χ4v) is 9.90. The molecule has 306 valence electrons. The van der Waals surface area contributed by atoms with Gasteiger partial charge in [0, 0.05) is 0 Å². The zero-order valence-electron chi connectivity index (χ0n) is 36.4. The highest BCUT2D eigenvalue weighted by Gasteiger charge is 2.41. The molecule has 12 heteroatoms. The van der Waals surface area contributed by atoms with Gasteiger partial charge in [-0.25, -0.2) is 27.9 Å². The van der Waals surface area contributed by atoms with Gasteiger partial charge in [0.25, 0.3) is 0 Å². The van der Waals surface area contributed by atoms with E-state index in [2.05, 4.69) is 139 Å². The number of amidine groups is 4. The number of hydrogen-bond acceptors (Lipinski definition) is 6. The second-order valence-corrected chi connectivity index (χ2v) is 16.2. The topological polar surface area (TPSA) is 107 Å². The molecule has 0 aromatic carbocycles. The Kier molecular flexibility index (Phi) is 9.86. The lowest BCUT2D eigenvalue weighted by Crippen LogP contribution is -2.47. The van der Waals surface area contributed by atoms with Gasteiger partial charge in [0.1, 0.15) is 47.1 Å². The number of aromatic nitrogens is 4. The predicted octanol–water partition coefficient (Wildman–Crippen LogP) is 9.01. The minimum atomic E-state index is 0.615. The van der Waals surface area contributed by atoms with E-state index < -0.39 is 0 Å². The van der Waals surface area contributed by atoms with Crippen molar-refractivity contribution >= 4 is 69.7 Å². The summed E-state index contributed by atoms with van der Waals surface area (Å²) in [5.74, 6) is 3.87. The number of H-pyrrole nitrogens is 2. The Balaban J connectivity index is 1.47. The van der Waals surface area contributed by atoms with E-state index in [4.69, 9.17) is 29.9 Å². The van der Waals surface area contributed by atoms with Gasteiger partial charge in [0.2, 0.25) is 23.3 Å². The first-order chi connectivity index (χ1) is 29.2. The molecule has 60 heavy (non-hydrogen) atoms. The fraction of sp³-hybridized carbons (Fsp3) is 0.333. The zero-order chi connectivity index (χ0) is 41.9. The van der Waals surface area contributed by atoms with Crippen LogP contribution in [0.5, 0.6) is 0 Å².